The van der Waals surface area contributed by atoms with Gasteiger partial charge in [-0.2, -0.15) is 0 Å². The molecule has 0 bridgehead atoms. The Kier molecular flexibility index (Phi) is 13.5. The fourth-order valence-electron chi connectivity index (χ4n) is 0.750. The number of aromatic nitrogens is 1. The van der Waals surface area contributed by atoms with Crippen molar-refractivity contribution in [2.75, 3.05) is 7.11 Å². The van der Waals surface area contributed by atoms with Crippen molar-refractivity contribution >= 4 is 0 Å². The van der Waals surface area contributed by atoms with E-state index in [2.05, 4.69) is 4.98 Å². The number of pyridine rings is 1. The van der Waals surface area contributed by atoms with Gasteiger partial charge in [0.15, 0.2) is 0 Å². The number of rotatable bonds is 2. The van der Waals surface area contributed by atoms with Gasteiger partial charge in [0, 0.05) is 19.0 Å². The predicted octanol–water partition coefficient (Wildman–Crippen LogP) is 3.59. The minimum atomic E-state index is 0.646. The largest absolute Gasteiger partial charge is 0.380 e. The quantitative estimate of drug-likeness (QED) is 0.723. The van der Waals surface area contributed by atoms with Gasteiger partial charge in [-0.15, -0.1) is 0 Å². The lowest BCUT2D eigenvalue weighted by molar-refractivity contribution is 0.184. The van der Waals surface area contributed by atoms with Gasteiger partial charge in [0.25, 0.3) is 0 Å². The summed E-state index contributed by atoms with van der Waals surface area (Å²) in [6, 6.07) is 4.00. The van der Waals surface area contributed by atoms with Gasteiger partial charge < -0.3 is 4.74 Å². The van der Waals surface area contributed by atoms with Crippen LogP contribution in [0.1, 0.15) is 39.0 Å². The van der Waals surface area contributed by atoms with Gasteiger partial charge in [-0.3, -0.25) is 4.98 Å². The third-order valence-corrected chi connectivity index (χ3v) is 1.28. The maximum atomic E-state index is 4.93. The Labute approximate surface area is 88.3 Å². The molecule has 0 saturated heterocycles. The molecule has 82 valence electrons. The normalized spacial score (nSPS) is 7.86. The molecule has 0 saturated carbocycles. The van der Waals surface area contributed by atoms with Gasteiger partial charge in [-0.25, -0.2) is 0 Å². The molecule has 0 unspecified atom stereocenters. The van der Waals surface area contributed by atoms with E-state index in [1.807, 2.05) is 52.9 Å². The van der Waals surface area contributed by atoms with Gasteiger partial charge >= 0.3 is 0 Å². The first-order chi connectivity index (χ1) is 6.83. The predicted molar refractivity (Wildman–Crippen MR) is 62.4 cm³/mol. The molecule has 1 aromatic rings. The summed E-state index contributed by atoms with van der Waals surface area (Å²) in [4.78, 5) is 4.12. The highest BCUT2D eigenvalue weighted by Crippen LogP contribution is 1.99. The van der Waals surface area contributed by atoms with Crippen molar-refractivity contribution in [3.05, 3.63) is 29.6 Å². The highest BCUT2D eigenvalue weighted by Gasteiger charge is 1.89. The van der Waals surface area contributed by atoms with E-state index >= 15 is 0 Å². The molecule has 14 heavy (non-hydrogen) atoms. The van der Waals surface area contributed by atoms with Crippen LogP contribution in [0.5, 0.6) is 0 Å². The number of nitrogens with zero attached hydrogens (tertiary/aromatic N) is 1. The minimum absolute atomic E-state index is 0.646. The smallest absolute Gasteiger partial charge is 0.0728 e. The van der Waals surface area contributed by atoms with E-state index in [0.717, 1.165) is 11.3 Å². The van der Waals surface area contributed by atoms with Crippen LogP contribution < -0.4 is 0 Å². The number of methoxy groups -OCH3 is 1. The van der Waals surface area contributed by atoms with Crippen molar-refractivity contribution in [2.24, 2.45) is 0 Å². The Bertz CT molecular complexity index is 194. The lowest BCUT2D eigenvalue weighted by Gasteiger charge is -1.97. The van der Waals surface area contributed by atoms with E-state index < -0.39 is 0 Å². The summed E-state index contributed by atoms with van der Waals surface area (Å²) in [5, 5.41) is 0. The van der Waals surface area contributed by atoms with Crippen LogP contribution in [0, 0.1) is 6.92 Å². The summed E-state index contributed by atoms with van der Waals surface area (Å²) in [6.07, 6.45) is 1.83. The van der Waals surface area contributed by atoms with Crippen LogP contribution in [-0.4, -0.2) is 12.1 Å². The fraction of sp³-hybridized carbons (Fsp3) is 0.583. The second kappa shape index (κ2) is 12.1. The molecule has 0 aliphatic heterocycles. The summed E-state index contributed by atoms with van der Waals surface area (Å²) in [5.41, 5.74) is 2.16. The fourth-order valence-corrected chi connectivity index (χ4v) is 0.750. The first-order valence-electron chi connectivity index (χ1n) is 5.23. The maximum absolute atomic E-state index is 4.93. The molecule has 1 heterocycles. The lowest BCUT2D eigenvalue weighted by Crippen LogP contribution is -1.88. The SMILES string of the molecule is CC.CC.COCc1ccc(C)nc1. The molecule has 0 radical (unpaired) electrons. The highest BCUT2D eigenvalue weighted by molar-refractivity contribution is 5.11. The molecule has 1 aromatic heterocycles. The summed E-state index contributed by atoms with van der Waals surface area (Å²) < 4.78 is 4.93. The van der Waals surface area contributed by atoms with Crippen LogP contribution in [-0.2, 0) is 11.3 Å². The minimum Gasteiger partial charge on any atom is -0.380 e. The first-order valence-corrected chi connectivity index (χ1v) is 5.23. The van der Waals surface area contributed by atoms with Crippen molar-refractivity contribution in [3.63, 3.8) is 0 Å². The van der Waals surface area contributed by atoms with E-state index in [1.165, 1.54) is 0 Å². The van der Waals surface area contributed by atoms with Crippen LogP contribution in [0.4, 0.5) is 0 Å². The summed E-state index contributed by atoms with van der Waals surface area (Å²) >= 11 is 0. The average molecular weight is 197 g/mol. The number of hydrogen-bond acceptors (Lipinski definition) is 2. The van der Waals surface area contributed by atoms with Crippen LogP contribution >= 0.6 is 0 Å². The second-order valence-electron chi connectivity index (χ2n) is 2.24. The molecule has 0 atom stereocenters. The summed E-state index contributed by atoms with van der Waals surface area (Å²) in [5.74, 6) is 0. The molecular formula is C12H23NO. The van der Waals surface area contributed by atoms with Gasteiger partial charge in [0.1, 0.15) is 0 Å². The van der Waals surface area contributed by atoms with E-state index in [0.29, 0.717) is 6.61 Å². The molecule has 2 nitrogen and oxygen atoms in total. The Morgan fingerprint density at radius 2 is 1.71 bits per heavy atom. The Balaban J connectivity index is 0. The van der Waals surface area contributed by atoms with E-state index in [1.54, 1.807) is 7.11 Å². The topological polar surface area (TPSA) is 22.1 Å². The van der Waals surface area contributed by atoms with Crippen molar-refractivity contribution in [2.45, 2.75) is 41.2 Å². The van der Waals surface area contributed by atoms with Crippen molar-refractivity contribution in [1.82, 2.24) is 4.98 Å². The highest BCUT2D eigenvalue weighted by atomic mass is 16.5. The van der Waals surface area contributed by atoms with Crippen molar-refractivity contribution in [1.29, 1.82) is 0 Å². The van der Waals surface area contributed by atoms with Crippen molar-refractivity contribution in [3.8, 4) is 0 Å². The summed E-state index contributed by atoms with van der Waals surface area (Å²) in [6.45, 7) is 10.6. The van der Waals surface area contributed by atoms with Crippen molar-refractivity contribution < 1.29 is 4.74 Å². The Morgan fingerprint density at radius 1 is 1.14 bits per heavy atom. The van der Waals surface area contributed by atoms with E-state index in [4.69, 9.17) is 4.74 Å². The molecule has 0 spiro atoms. The third kappa shape index (κ3) is 7.74. The zero-order valence-electron chi connectivity index (χ0n) is 10.3. The zero-order chi connectivity index (χ0) is 11.4. The average Bonchev–Trinajstić information content (AvgIpc) is 2.28. The first kappa shape index (κ1) is 15.6. The van der Waals surface area contributed by atoms with Gasteiger partial charge in [-0.1, -0.05) is 33.8 Å². The summed E-state index contributed by atoms with van der Waals surface area (Å²) in [7, 11) is 1.68. The molecule has 0 aromatic carbocycles. The van der Waals surface area contributed by atoms with Crippen LogP contribution in [0.2, 0.25) is 0 Å². The second-order valence-corrected chi connectivity index (χ2v) is 2.24. The van der Waals surface area contributed by atoms with Gasteiger partial charge in [0.05, 0.1) is 6.61 Å². The van der Waals surface area contributed by atoms with Crippen LogP contribution in [0.3, 0.4) is 0 Å². The van der Waals surface area contributed by atoms with Gasteiger partial charge in [-0.05, 0) is 18.6 Å². The number of aryl methyl sites for hydroxylation is 1. The third-order valence-electron chi connectivity index (χ3n) is 1.28. The molecule has 0 aliphatic carbocycles. The zero-order valence-corrected chi connectivity index (χ0v) is 10.3. The van der Waals surface area contributed by atoms with E-state index in [9.17, 15) is 0 Å². The van der Waals surface area contributed by atoms with Crippen LogP contribution in [0.15, 0.2) is 18.3 Å². The van der Waals surface area contributed by atoms with E-state index in [-0.39, 0.29) is 0 Å². The molecule has 2 heteroatoms. The lowest BCUT2D eigenvalue weighted by atomic mass is 10.3. The van der Waals surface area contributed by atoms with Gasteiger partial charge in [0.2, 0.25) is 0 Å². The number of hydrogen-bond donors (Lipinski definition) is 0. The Hall–Kier alpha value is -0.890. The Morgan fingerprint density at radius 3 is 2.07 bits per heavy atom. The molecule has 1 rings (SSSR count). The maximum Gasteiger partial charge on any atom is 0.0728 e. The molecule has 0 amide bonds. The number of ether oxygens (including phenoxy) is 1. The molecule has 0 fully saturated rings. The van der Waals surface area contributed by atoms with Crippen LogP contribution in [0.25, 0.3) is 0 Å². The molecule has 0 N–H and O–H groups in total. The molecular weight excluding hydrogens is 174 g/mol. The molecule has 0 aliphatic rings. The monoisotopic (exact) mass is 197 g/mol. The standard InChI is InChI=1S/C8H11NO.2C2H6/c1-7-3-4-8(5-9-7)6-10-2;2*1-2/h3-5H,6H2,1-2H3;2*1-2H3.